The molecule has 2 aliphatic heterocycles. The Morgan fingerprint density at radius 2 is 0.978 bits per heavy atom. The Balaban J connectivity index is 1.69. The van der Waals surface area contributed by atoms with E-state index < -0.39 is 18.6 Å². The van der Waals surface area contributed by atoms with Gasteiger partial charge in [-0.25, -0.2) is 19.2 Å². The fourth-order valence-corrected chi connectivity index (χ4v) is 14.5. The maximum absolute atomic E-state index is 6.27. The van der Waals surface area contributed by atoms with E-state index in [0.29, 0.717) is 10.5 Å². The van der Waals surface area contributed by atoms with E-state index in [2.05, 4.69) is 201 Å². The molecule has 0 bridgehead atoms. The Morgan fingerprint density at radius 1 is 0.622 bits per heavy atom. The van der Waals surface area contributed by atoms with Crippen molar-refractivity contribution in [3.63, 3.8) is 0 Å². The first-order chi connectivity index (χ1) is 21.8. The molecule has 4 nitrogen and oxygen atoms in total. The molecule has 45 heavy (non-hydrogen) atoms. The van der Waals surface area contributed by atoms with Crippen LogP contribution >= 0.6 is 31.0 Å². The zero-order valence-electron chi connectivity index (χ0n) is 27.4. The number of rotatable bonds is 10. The highest BCUT2D eigenvalue weighted by atomic mass is 32.2. The van der Waals surface area contributed by atoms with E-state index in [1.165, 1.54) is 22.3 Å². The molecule has 0 aromatic heterocycles. The summed E-state index contributed by atoms with van der Waals surface area (Å²) in [7, 11) is 2.15. The number of nitrogens with zero attached hydrogens (tertiary/aromatic N) is 3. The summed E-state index contributed by atoms with van der Waals surface area (Å²) in [4.78, 5) is 0. The number of benzene rings is 4. The van der Waals surface area contributed by atoms with Crippen molar-refractivity contribution < 1.29 is 0 Å². The van der Waals surface area contributed by atoms with Crippen LogP contribution in [0.4, 0.5) is 0 Å². The van der Waals surface area contributed by atoms with Crippen molar-refractivity contribution in [3.05, 3.63) is 144 Å². The molecule has 4 aromatic carbocycles. The molecule has 1 spiro atoms. The lowest BCUT2D eigenvalue weighted by molar-refractivity contribution is 0.383. The maximum atomic E-state index is 6.27. The average molecular weight is 655 g/mol. The van der Waals surface area contributed by atoms with Gasteiger partial charge in [-0.05, 0) is 49.2 Å². The van der Waals surface area contributed by atoms with E-state index in [1.54, 1.807) is 0 Å². The highest BCUT2D eigenvalue weighted by Crippen LogP contribution is 2.74. The second-order valence-corrected chi connectivity index (χ2v) is 18.2. The second kappa shape index (κ2) is 13.4. The van der Waals surface area contributed by atoms with Crippen LogP contribution in [0.15, 0.2) is 126 Å². The number of hydrogen-bond donors (Lipinski definition) is 1. The highest BCUT2D eigenvalue weighted by Gasteiger charge is 2.65. The molecule has 1 saturated heterocycles. The first-order valence-corrected chi connectivity index (χ1v) is 19.8. The van der Waals surface area contributed by atoms with Crippen LogP contribution in [0.5, 0.6) is 0 Å². The Hall–Kier alpha value is -2.31. The van der Waals surface area contributed by atoms with Gasteiger partial charge in [0.1, 0.15) is 11.1 Å². The molecule has 5 unspecified atom stereocenters. The minimum atomic E-state index is -2.53. The zero-order chi connectivity index (χ0) is 31.7. The topological polar surface area (TPSA) is 30.9 Å². The molecule has 0 saturated carbocycles. The normalized spacial score (nSPS) is 25.6. The van der Waals surface area contributed by atoms with Gasteiger partial charge in [0.25, 0.3) is 0 Å². The van der Waals surface area contributed by atoms with E-state index in [1.807, 2.05) is 0 Å². The summed E-state index contributed by atoms with van der Waals surface area (Å²) in [6, 6.07) is 44.3. The third-order valence-electron chi connectivity index (χ3n) is 9.67. The molecular formula is C38H47N4PS2. The van der Waals surface area contributed by atoms with Crippen molar-refractivity contribution in [2.45, 2.75) is 72.9 Å². The van der Waals surface area contributed by atoms with E-state index >= 15 is 0 Å². The van der Waals surface area contributed by atoms with Crippen molar-refractivity contribution >= 4 is 31.0 Å². The van der Waals surface area contributed by atoms with Crippen molar-refractivity contribution in [3.8, 4) is 0 Å². The first kappa shape index (κ1) is 32.6. The van der Waals surface area contributed by atoms with Crippen LogP contribution in [0, 0.1) is 0 Å². The molecule has 0 aliphatic carbocycles. The predicted octanol–water partition coefficient (Wildman–Crippen LogP) is 10.0. The van der Waals surface area contributed by atoms with Crippen molar-refractivity contribution in [2.75, 3.05) is 14.1 Å². The number of nitrogens with one attached hydrogen (secondary N) is 1. The van der Waals surface area contributed by atoms with Crippen LogP contribution < -0.4 is 5.09 Å². The molecule has 1 fully saturated rings. The van der Waals surface area contributed by atoms with Gasteiger partial charge >= 0.3 is 0 Å². The minimum Gasteiger partial charge on any atom is -0.243 e. The van der Waals surface area contributed by atoms with Crippen LogP contribution in [0.2, 0.25) is 0 Å². The number of likely N-dealkylation sites (N-methyl/N-ethyl adjacent to an activating group) is 2. The Kier molecular flexibility index (Phi) is 9.74. The van der Waals surface area contributed by atoms with Crippen LogP contribution in [0.3, 0.4) is 0 Å². The Bertz CT molecular complexity index is 1520. The van der Waals surface area contributed by atoms with E-state index in [9.17, 15) is 0 Å². The van der Waals surface area contributed by atoms with Crippen LogP contribution in [0.25, 0.3) is 0 Å². The average Bonchev–Trinajstić information content (AvgIpc) is 3.50. The summed E-state index contributed by atoms with van der Waals surface area (Å²) in [6.07, 6.45) is 2.21. The lowest BCUT2D eigenvalue weighted by atomic mass is 9.83. The third kappa shape index (κ3) is 5.46. The molecular weight excluding hydrogens is 608 g/mol. The first-order valence-electron chi connectivity index (χ1n) is 16.3. The summed E-state index contributed by atoms with van der Waals surface area (Å²) in [6.45, 7) is 9.35. The molecule has 2 aliphatic rings. The molecule has 7 heteroatoms. The Morgan fingerprint density at radius 3 is 1.38 bits per heavy atom. The SMILES string of the molecule is CCC(C)SC1N(C)P2(=NC1(c1ccccc1)c1ccccc1)NC(c1ccccc1)(c1ccccc1)C(SC(C)CC)N2C. The lowest BCUT2D eigenvalue weighted by Crippen LogP contribution is -2.46. The van der Waals surface area contributed by atoms with Gasteiger partial charge in [-0.2, -0.15) is 0 Å². The van der Waals surface area contributed by atoms with Gasteiger partial charge in [0.2, 0.25) is 0 Å². The summed E-state index contributed by atoms with van der Waals surface area (Å²) >= 11 is 4.16. The summed E-state index contributed by atoms with van der Waals surface area (Å²) in [5.74, 6) is 0. The zero-order valence-corrected chi connectivity index (χ0v) is 29.9. The fraction of sp³-hybridized carbons (Fsp3) is 0.368. The van der Waals surface area contributed by atoms with Crippen LogP contribution in [0.1, 0.15) is 62.8 Å². The third-order valence-corrected chi connectivity index (χ3v) is 16.9. The second-order valence-electron chi connectivity index (χ2n) is 12.4. The minimum absolute atomic E-state index is 0.0946. The smallest absolute Gasteiger partial charge is 0.169 e. The maximum Gasteiger partial charge on any atom is 0.169 e. The van der Waals surface area contributed by atoms with E-state index in [0.717, 1.165) is 12.8 Å². The lowest BCUT2D eigenvalue weighted by Gasteiger charge is -2.39. The van der Waals surface area contributed by atoms with Gasteiger partial charge in [-0.1, -0.05) is 149 Å². The van der Waals surface area contributed by atoms with E-state index in [-0.39, 0.29) is 10.7 Å². The molecule has 6 rings (SSSR count). The fourth-order valence-electron chi connectivity index (χ4n) is 6.89. The summed E-state index contributed by atoms with van der Waals surface area (Å²) < 4.78 is 11.6. The van der Waals surface area contributed by atoms with Crippen LogP contribution in [-0.2, 0) is 11.1 Å². The molecule has 1 N–H and O–H groups in total. The van der Waals surface area contributed by atoms with Crippen molar-refractivity contribution in [1.82, 2.24) is 14.4 Å². The van der Waals surface area contributed by atoms with Gasteiger partial charge in [-0.15, -0.1) is 23.5 Å². The Labute approximate surface area is 279 Å². The summed E-state index contributed by atoms with van der Waals surface area (Å²) in [5.41, 5.74) is 4.04. The monoisotopic (exact) mass is 654 g/mol. The molecule has 5 atom stereocenters. The van der Waals surface area contributed by atoms with Gasteiger partial charge in [0.15, 0.2) is 7.51 Å². The number of thioether (sulfide) groups is 2. The number of hydrogen-bond acceptors (Lipinski definition) is 6. The molecule has 236 valence electrons. The van der Waals surface area contributed by atoms with Gasteiger partial charge in [-0.3, -0.25) is 0 Å². The van der Waals surface area contributed by atoms with Crippen LogP contribution in [-0.4, -0.2) is 44.7 Å². The largest absolute Gasteiger partial charge is 0.243 e. The van der Waals surface area contributed by atoms with Gasteiger partial charge in [0.05, 0.1) is 10.7 Å². The molecule has 2 heterocycles. The summed E-state index contributed by atoms with van der Waals surface area (Å²) in [5, 5.41) is 5.64. The van der Waals surface area contributed by atoms with Gasteiger partial charge < -0.3 is 0 Å². The molecule has 0 amide bonds. The molecule has 4 aromatic rings. The quantitative estimate of drug-likeness (QED) is 0.172. The van der Waals surface area contributed by atoms with Gasteiger partial charge in [0, 0.05) is 10.5 Å². The predicted molar refractivity (Wildman–Crippen MR) is 198 cm³/mol. The van der Waals surface area contributed by atoms with E-state index in [4.69, 9.17) is 4.74 Å². The standard InChI is InChI=1S/C38H47N4PS2/c1-7-29(3)44-35-37(31-21-13-9-14-22-31,32-23-15-10-16-24-32)39-43(41(35)5)40-38(33-25-17-11-18-26-33,34-27-19-12-20-28-34)36(42(43)6)45-30(4)8-2/h9-30,35-36,39H,7-8H2,1-6H3. The highest BCUT2D eigenvalue weighted by molar-refractivity contribution is 8.01. The van der Waals surface area contributed by atoms with Crippen molar-refractivity contribution in [2.24, 2.45) is 4.74 Å². The molecule has 0 radical (unpaired) electrons. The van der Waals surface area contributed by atoms with Crippen molar-refractivity contribution in [1.29, 1.82) is 0 Å².